The highest BCUT2D eigenvalue weighted by molar-refractivity contribution is 6.01. The minimum absolute atomic E-state index is 0.218. The molecule has 1 aliphatic heterocycles. The van der Waals surface area contributed by atoms with Gasteiger partial charge in [0.1, 0.15) is 5.69 Å². The maximum atomic E-state index is 11.8. The van der Waals surface area contributed by atoms with E-state index in [1.807, 2.05) is 18.2 Å². The molecule has 2 heterocycles. The highest BCUT2D eigenvalue weighted by Gasteiger charge is 2.27. The van der Waals surface area contributed by atoms with Crippen molar-refractivity contribution in [3.63, 3.8) is 0 Å². The van der Waals surface area contributed by atoms with Gasteiger partial charge >= 0.3 is 0 Å². The number of fused-ring (bicyclic) bond motifs is 1. The largest absolute Gasteiger partial charge is 0.296 e. The third-order valence-corrected chi connectivity index (χ3v) is 3.53. The highest BCUT2D eigenvalue weighted by Crippen LogP contribution is 2.27. The molecule has 0 spiro atoms. The molecule has 1 fully saturated rings. The molecule has 0 aliphatic carbocycles. The Bertz CT molecular complexity index is 724. The first kappa shape index (κ1) is 12.5. The zero-order valence-electron chi connectivity index (χ0n) is 10.6. The standard InChI is InChI=1S/C15H12N2O3/c18-8-12-6-9-1-2-10(5-11(9)7-16-12)13-3-4-14(19)17-15(13)20/h1-2,5-8,13H,3-4H2,(H,17,19,20). The summed E-state index contributed by atoms with van der Waals surface area (Å²) in [6.07, 6.45) is 3.20. The fourth-order valence-corrected chi connectivity index (χ4v) is 2.47. The lowest BCUT2D eigenvalue weighted by atomic mass is 9.89. The molecule has 1 unspecified atom stereocenters. The fourth-order valence-electron chi connectivity index (χ4n) is 2.47. The molecule has 5 nitrogen and oxygen atoms in total. The SMILES string of the molecule is O=Cc1cc2ccc(C3CCC(=O)NC3=O)cc2cn1. The maximum Gasteiger partial charge on any atom is 0.234 e. The molecule has 2 aromatic rings. The molecule has 3 rings (SSSR count). The van der Waals surface area contributed by atoms with Gasteiger partial charge in [0.2, 0.25) is 11.8 Å². The summed E-state index contributed by atoms with van der Waals surface area (Å²) < 4.78 is 0. The van der Waals surface area contributed by atoms with Crippen molar-refractivity contribution >= 4 is 28.9 Å². The van der Waals surface area contributed by atoms with Gasteiger partial charge in [-0.3, -0.25) is 24.7 Å². The van der Waals surface area contributed by atoms with Crippen molar-refractivity contribution < 1.29 is 14.4 Å². The van der Waals surface area contributed by atoms with Crippen LogP contribution in [0.1, 0.15) is 34.8 Å². The van der Waals surface area contributed by atoms with Crippen molar-refractivity contribution in [1.29, 1.82) is 0 Å². The Kier molecular flexibility index (Phi) is 3.02. The van der Waals surface area contributed by atoms with Crippen LogP contribution in [0.25, 0.3) is 10.8 Å². The molecule has 1 aromatic carbocycles. The van der Waals surface area contributed by atoms with Crippen LogP contribution < -0.4 is 5.32 Å². The monoisotopic (exact) mass is 268 g/mol. The summed E-state index contributed by atoms with van der Waals surface area (Å²) in [5.41, 5.74) is 1.24. The van der Waals surface area contributed by atoms with Crippen LogP contribution in [-0.2, 0) is 9.59 Å². The molecular weight excluding hydrogens is 256 g/mol. The number of rotatable bonds is 2. The molecule has 1 aromatic heterocycles. The Morgan fingerprint density at radius 1 is 1.20 bits per heavy atom. The molecule has 2 amide bonds. The van der Waals surface area contributed by atoms with Crippen LogP contribution in [0.5, 0.6) is 0 Å². The number of aromatic nitrogens is 1. The van der Waals surface area contributed by atoms with Crippen LogP contribution >= 0.6 is 0 Å². The van der Waals surface area contributed by atoms with Crippen LogP contribution in [0.3, 0.4) is 0 Å². The van der Waals surface area contributed by atoms with Crippen molar-refractivity contribution in [2.45, 2.75) is 18.8 Å². The molecule has 0 radical (unpaired) electrons. The Balaban J connectivity index is 1.98. The summed E-state index contributed by atoms with van der Waals surface area (Å²) in [6.45, 7) is 0. The Morgan fingerprint density at radius 2 is 2.05 bits per heavy atom. The number of nitrogens with zero attached hydrogens (tertiary/aromatic N) is 1. The third kappa shape index (κ3) is 2.18. The second-order valence-corrected chi connectivity index (χ2v) is 4.84. The van der Waals surface area contributed by atoms with Crippen molar-refractivity contribution in [3.05, 3.63) is 41.7 Å². The van der Waals surface area contributed by atoms with Gasteiger partial charge in [0, 0.05) is 18.0 Å². The van der Waals surface area contributed by atoms with Crippen LogP contribution in [-0.4, -0.2) is 23.1 Å². The summed E-state index contributed by atoms with van der Waals surface area (Å²) in [4.78, 5) is 37.7. The van der Waals surface area contributed by atoms with E-state index < -0.39 is 0 Å². The summed E-state index contributed by atoms with van der Waals surface area (Å²) >= 11 is 0. The first-order valence-corrected chi connectivity index (χ1v) is 6.36. The number of carbonyl (C=O) groups excluding carboxylic acids is 3. The van der Waals surface area contributed by atoms with Gasteiger partial charge in [-0.05, 0) is 29.5 Å². The quantitative estimate of drug-likeness (QED) is 0.662. The molecule has 5 heteroatoms. The average Bonchev–Trinajstić information content (AvgIpc) is 2.46. The van der Waals surface area contributed by atoms with E-state index in [4.69, 9.17) is 0 Å². The predicted molar refractivity (Wildman–Crippen MR) is 72.3 cm³/mol. The van der Waals surface area contributed by atoms with E-state index in [1.54, 1.807) is 12.3 Å². The lowest BCUT2D eigenvalue weighted by Gasteiger charge is -2.21. The number of carbonyl (C=O) groups is 3. The smallest absolute Gasteiger partial charge is 0.234 e. The minimum Gasteiger partial charge on any atom is -0.296 e. The number of imide groups is 1. The number of amides is 2. The average molecular weight is 268 g/mol. The van der Waals surface area contributed by atoms with Crippen LogP contribution in [0.2, 0.25) is 0 Å². The Labute approximate surface area is 115 Å². The first-order valence-electron chi connectivity index (χ1n) is 6.36. The van der Waals surface area contributed by atoms with Crippen LogP contribution in [0, 0.1) is 0 Å². The zero-order chi connectivity index (χ0) is 14.1. The van der Waals surface area contributed by atoms with E-state index in [-0.39, 0.29) is 17.7 Å². The molecule has 1 N–H and O–H groups in total. The number of piperidine rings is 1. The van der Waals surface area contributed by atoms with Crippen molar-refractivity contribution in [3.8, 4) is 0 Å². The highest BCUT2D eigenvalue weighted by atomic mass is 16.2. The second-order valence-electron chi connectivity index (χ2n) is 4.84. The van der Waals surface area contributed by atoms with Gasteiger partial charge < -0.3 is 0 Å². The van der Waals surface area contributed by atoms with Crippen LogP contribution in [0.15, 0.2) is 30.5 Å². The molecule has 1 aliphatic rings. The van der Waals surface area contributed by atoms with Crippen LogP contribution in [0.4, 0.5) is 0 Å². The number of hydrogen-bond acceptors (Lipinski definition) is 4. The van der Waals surface area contributed by atoms with E-state index in [2.05, 4.69) is 10.3 Å². The van der Waals surface area contributed by atoms with Gasteiger partial charge in [0.25, 0.3) is 0 Å². The van der Waals surface area contributed by atoms with E-state index >= 15 is 0 Å². The van der Waals surface area contributed by atoms with Gasteiger partial charge in [0.05, 0.1) is 5.92 Å². The number of hydrogen-bond donors (Lipinski definition) is 1. The second kappa shape index (κ2) is 4.85. The zero-order valence-corrected chi connectivity index (χ0v) is 10.6. The van der Waals surface area contributed by atoms with Crippen molar-refractivity contribution in [1.82, 2.24) is 10.3 Å². The lowest BCUT2D eigenvalue weighted by Crippen LogP contribution is -2.39. The van der Waals surface area contributed by atoms with Gasteiger partial charge in [-0.25, -0.2) is 0 Å². The fraction of sp³-hybridized carbons (Fsp3) is 0.200. The maximum absolute atomic E-state index is 11.8. The van der Waals surface area contributed by atoms with E-state index in [1.165, 1.54) is 0 Å². The summed E-state index contributed by atoms with van der Waals surface area (Å²) in [5.74, 6) is -0.773. The topological polar surface area (TPSA) is 76.1 Å². The molecule has 0 saturated carbocycles. The van der Waals surface area contributed by atoms with E-state index in [0.29, 0.717) is 24.8 Å². The van der Waals surface area contributed by atoms with Gasteiger partial charge in [-0.1, -0.05) is 12.1 Å². The molecule has 20 heavy (non-hydrogen) atoms. The molecule has 100 valence electrons. The molecule has 1 saturated heterocycles. The van der Waals surface area contributed by atoms with E-state index in [0.717, 1.165) is 16.3 Å². The Morgan fingerprint density at radius 3 is 2.80 bits per heavy atom. The minimum atomic E-state index is -0.303. The number of benzene rings is 1. The predicted octanol–water partition coefficient (Wildman–Crippen LogP) is 1.57. The molecule has 1 atom stereocenters. The Hall–Kier alpha value is -2.56. The van der Waals surface area contributed by atoms with Gasteiger partial charge in [-0.15, -0.1) is 0 Å². The van der Waals surface area contributed by atoms with Gasteiger partial charge in [-0.2, -0.15) is 0 Å². The lowest BCUT2D eigenvalue weighted by molar-refractivity contribution is -0.134. The van der Waals surface area contributed by atoms with Gasteiger partial charge in [0.15, 0.2) is 6.29 Å². The summed E-state index contributed by atoms with van der Waals surface area (Å²) in [6, 6.07) is 7.31. The number of aldehydes is 1. The molecular formula is C15H12N2O3. The number of pyridine rings is 1. The first-order chi connectivity index (χ1) is 9.67. The van der Waals surface area contributed by atoms with E-state index in [9.17, 15) is 14.4 Å². The third-order valence-electron chi connectivity index (χ3n) is 3.53. The van der Waals surface area contributed by atoms with Crippen molar-refractivity contribution in [2.24, 2.45) is 0 Å². The van der Waals surface area contributed by atoms with Crippen molar-refractivity contribution in [2.75, 3.05) is 0 Å². The number of nitrogens with one attached hydrogen (secondary N) is 1. The molecule has 0 bridgehead atoms. The summed E-state index contributed by atoms with van der Waals surface area (Å²) in [5, 5.41) is 4.13. The summed E-state index contributed by atoms with van der Waals surface area (Å²) in [7, 11) is 0. The normalized spacial score (nSPS) is 18.9.